The molecular formula is C10H17N. The first-order valence-electron chi connectivity index (χ1n) is 3.76. The maximum atomic E-state index is 5.50. The van der Waals surface area contributed by atoms with Gasteiger partial charge < -0.3 is 5.41 Å². The van der Waals surface area contributed by atoms with E-state index in [1.807, 2.05) is 32.0 Å². The summed E-state index contributed by atoms with van der Waals surface area (Å²) in [6, 6.07) is 10.3. The van der Waals surface area contributed by atoms with Crippen molar-refractivity contribution in [3.05, 3.63) is 35.9 Å². The number of hydrogen-bond donors (Lipinski definition) is 1. The Balaban J connectivity index is 0. The molecule has 0 aliphatic heterocycles. The number of rotatable bonds is 0. The van der Waals surface area contributed by atoms with E-state index in [1.165, 1.54) is 5.56 Å². The minimum absolute atomic E-state index is 1.32. The fraction of sp³-hybridized carbons (Fsp3) is 0.300. The molecule has 1 aromatic rings. The van der Waals surface area contributed by atoms with Crippen molar-refractivity contribution in [3.63, 3.8) is 0 Å². The Morgan fingerprint density at radius 3 is 1.55 bits per heavy atom. The molecule has 0 radical (unpaired) electrons. The van der Waals surface area contributed by atoms with E-state index in [0.717, 1.165) is 0 Å². The van der Waals surface area contributed by atoms with Crippen molar-refractivity contribution in [2.24, 2.45) is 0 Å². The number of hydrogen-bond acceptors (Lipinski definition) is 1. The molecule has 0 saturated heterocycles. The molecule has 0 unspecified atom stereocenters. The van der Waals surface area contributed by atoms with Gasteiger partial charge in [0.05, 0.1) is 0 Å². The van der Waals surface area contributed by atoms with Gasteiger partial charge in [-0.3, -0.25) is 0 Å². The van der Waals surface area contributed by atoms with Gasteiger partial charge in [-0.1, -0.05) is 49.7 Å². The first kappa shape index (κ1) is 12.6. The van der Waals surface area contributed by atoms with Crippen LogP contribution in [0.15, 0.2) is 30.3 Å². The molecule has 0 bridgehead atoms. The van der Waals surface area contributed by atoms with Crippen LogP contribution in [0.25, 0.3) is 0 Å². The van der Waals surface area contributed by atoms with Gasteiger partial charge in [-0.15, -0.1) is 0 Å². The maximum absolute atomic E-state index is 5.50. The van der Waals surface area contributed by atoms with E-state index in [0.29, 0.717) is 0 Å². The van der Waals surface area contributed by atoms with Crippen LogP contribution in [0.1, 0.15) is 19.4 Å². The molecule has 0 saturated carbocycles. The van der Waals surface area contributed by atoms with Crippen LogP contribution in [-0.4, -0.2) is 6.72 Å². The average Bonchev–Trinajstić information content (AvgIpc) is 2.13. The highest BCUT2D eigenvalue weighted by Gasteiger charge is 1.72. The maximum Gasteiger partial charge on any atom is -0.0187 e. The Morgan fingerprint density at radius 1 is 1.00 bits per heavy atom. The Hall–Kier alpha value is -1.11. The van der Waals surface area contributed by atoms with Crippen molar-refractivity contribution in [1.82, 2.24) is 0 Å². The third kappa shape index (κ3) is 8.89. The highest BCUT2D eigenvalue weighted by Crippen LogP contribution is 1.92. The van der Waals surface area contributed by atoms with E-state index in [-0.39, 0.29) is 0 Å². The van der Waals surface area contributed by atoms with Crippen LogP contribution < -0.4 is 0 Å². The highest BCUT2D eigenvalue weighted by molar-refractivity contribution is 5.15. The van der Waals surface area contributed by atoms with Crippen molar-refractivity contribution in [2.75, 3.05) is 0 Å². The van der Waals surface area contributed by atoms with Gasteiger partial charge in [0.25, 0.3) is 0 Å². The Morgan fingerprint density at radius 2 is 1.36 bits per heavy atom. The van der Waals surface area contributed by atoms with Gasteiger partial charge in [-0.2, -0.15) is 0 Å². The van der Waals surface area contributed by atoms with E-state index in [2.05, 4.69) is 25.8 Å². The van der Waals surface area contributed by atoms with Gasteiger partial charge in [0.2, 0.25) is 0 Å². The lowest BCUT2D eigenvalue weighted by Crippen LogP contribution is -1.62. The van der Waals surface area contributed by atoms with Crippen LogP contribution in [0.5, 0.6) is 0 Å². The summed E-state index contributed by atoms with van der Waals surface area (Å²) < 4.78 is 0. The molecule has 62 valence electrons. The van der Waals surface area contributed by atoms with Crippen molar-refractivity contribution in [1.29, 1.82) is 5.41 Å². The molecule has 0 aromatic heterocycles. The van der Waals surface area contributed by atoms with Gasteiger partial charge in [-0.05, 0) is 13.6 Å². The number of aryl methyl sites for hydroxylation is 1. The lowest BCUT2D eigenvalue weighted by atomic mass is 10.2. The van der Waals surface area contributed by atoms with Gasteiger partial charge in [0.15, 0.2) is 0 Å². The van der Waals surface area contributed by atoms with Crippen LogP contribution >= 0.6 is 0 Å². The summed E-state index contributed by atoms with van der Waals surface area (Å²) in [5.74, 6) is 0. The lowest BCUT2D eigenvalue weighted by molar-refractivity contribution is 1.48. The first-order valence-corrected chi connectivity index (χ1v) is 3.76. The van der Waals surface area contributed by atoms with Gasteiger partial charge >= 0.3 is 0 Å². The summed E-state index contributed by atoms with van der Waals surface area (Å²) in [5, 5.41) is 5.50. The smallest absolute Gasteiger partial charge is 0.0187 e. The summed E-state index contributed by atoms with van der Waals surface area (Å²) in [6.07, 6.45) is 0. The molecule has 1 nitrogen and oxygen atoms in total. The Bertz CT molecular complexity index is 146. The van der Waals surface area contributed by atoms with Crippen LogP contribution in [0, 0.1) is 12.3 Å². The molecule has 0 spiro atoms. The number of nitrogens with one attached hydrogen (secondary N) is 1. The normalized spacial score (nSPS) is 6.45. The summed E-state index contributed by atoms with van der Waals surface area (Å²) >= 11 is 0. The second-order valence-corrected chi connectivity index (χ2v) is 1.65. The molecule has 1 N–H and O–H groups in total. The monoisotopic (exact) mass is 151 g/mol. The molecule has 0 aliphatic rings. The molecule has 11 heavy (non-hydrogen) atoms. The zero-order chi connectivity index (χ0) is 9.11. The fourth-order valence-electron chi connectivity index (χ4n) is 0.534. The zero-order valence-corrected chi connectivity index (χ0v) is 7.59. The molecule has 1 heteroatoms. The quantitative estimate of drug-likeness (QED) is 0.550. The zero-order valence-electron chi connectivity index (χ0n) is 7.59. The van der Waals surface area contributed by atoms with E-state index in [4.69, 9.17) is 5.41 Å². The van der Waals surface area contributed by atoms with Gasteiger partial charge in [0, 0.05) is 0 Å². The predicted octanol–water partition coefficient (Wildman–Crippen LogP) is 3.29. The van der Waals surface area contributed by atoms with Crippen LogP contribution in [0.3, 0.4) is 0 Å². The minimum atomic E-state index is 1.32. The molecule has 1 rings (SSSR count). The SMILES string of the molecule is C=N.CC.Cc1ccccc1. The van der Waals surface area contributed by atoms with Gasteiger partial charge in [-0.25, -0.2) is 0 Å². The Labute approximate surface area is 69.6 Å². The van der Waals surface area contributed by atoms with E-state index >= 15 is 0 Å². The average molecular weight is 151 g/mol. The summed E-state index contributed by atoms with van der Waals surface area (Å²) in [7, 11) is 0. The van der Waals surface area contributed by atoms with Crippen LogP contribution in [0.4, 0.5) is 0 Å². The molecule has 0 atom stereocenters. The molecule has 0 heterocycles. The van der Waals surface area contributed by atoms with E-state index in [1.54, 1.807) is 0 Å². The summed E-state index contributed by atoms with van der Waals surface area (Å²) in [6.45, 7) is 8.58. The van der Waals surface area contributed by atoms with Crippen molar-refractivity contribution in [2.45, 2.75) is 20.8 Å². The standard InChI is InChI=1S/C7H8.C2H6.CH3N/c1-7-5-3-2-4-6-7;2*1-2/h2-6H,1H3;1-2H3;2H,1H2. The second kappa shape index (κ2) is 11.7. The first-order chi connectivity index (χ1) is 5.39. The van der Waals surface area contributed by atoms with Crippen molar-refractivity contribution >= 4 is 6.72 Å². The molecule has 0 aliphatic carbocycles. The molecule has 1 aromatic carbocycles. The third-order valence-corrected chi connectivity index (χ3v) is 0.940. The fourth-order valence-corrected chi connectivity index (χ4v) is 0.534. The minimum Gasteiger partial charge on any atom is -0.317 e. The summed E-state index contributed by atoms with van der Waals surface area (Å²) in [5.41, 5.74) is 1.32. The second-order valence-electron chi connectivity index (χ2n) is 1.65. The third-order valence-electron chi connectivity index (χ3n) is 0.940. The number of benzene rings is 1. The molecular weight excluding hydrogens is 134 g/mol. The van der Waals surface area contributed by atoms with E-state index in [9.17, 15) is 0 Å². The van der Waals surface area contributed by atoms with Crippen LogP contribution in [0.2, 0.25) is 0 Å². The van der Waals surface area contributed by atoms with Crippen LogP contribution in [-0.2, 0) is 0 Å². The molecule has 0 fully saturated rings. The summed E-state index contributed by atoms with van der Waals surface area (Å²) in [4.78, 5) is 0. The topological polar surface area (TPSA) is 23.9 Å². The molecule has 0 amide bonds. The highest BCUT2D eigenvalue weighted by atomic mass is 14.2. The van der Waals surface area contributed by atoms with Gasteiger partial charge in [0.1, 0.15) is 0 Å². The van der Waals surface area contributed by atoms with E-state index < -0.39 is 0 Å². The predicted molar refractivity (Wildman–Crippen MR) is 52.4 cm³/mol. The van der Waals surface area contributed by atoms with Crippen molar-refractivity contribution < 1.29 is 0 Å². The largest absolute Gasteiger partial charge is 0.317 e. The van der Waals surface area contributed by atoms with Crippen molar-refractivity contribution in [3.8, 4) is 0 Å². The Kier molecular flexibility index (Phi) is 13.3. The lowest BCUT2D eigenvalue weighted by Gasteiger charge is -1.82.